The lowest BCUT2D eigenvalue weighted by atomic mass is 10.3. The van der Waals surface area contributed by atoms with Crippen LogP contribution >= 0.6 is 35.0 Å². The number of pyridine rings is 1. The number of thioether (sulfide) groups is 1. The van der Waals surface area contributed by atoms with E-state index in [4.69, 9.17) is 23.2 Å². The van der Waals surface area contributed by atoms with Crippen molar-refractivity contribution in [3.63, 3.8) is 0 Å². The van der Waals surface area contributed by atoms with E-state index in [0.29, 0.717) is 20.9 Å². The Labute approximate surface area is 147 Å². The van der Waals surface area contributed by atoms with Gasteiger partial charge in [0.15, 0.2) is 10.8 Å². The number of aromatic nitrogens is 3. The fourth-order valence-electron chi connectivity index (χ4n) is 1.94. The first-order valence-electron chi connectivity index (χ1n) is 6.77. The molecule has 2 aromatic heterocycles. The zero-order chi connectivity index (χ0) is 16.4. The number of hydrogen-bond donors (Lipinski definition) is 1. The Balaban J connectivity index is 1.74. The third kappa shape index (κ3) is 3.60. The molecule has 1 N–H and O–H groups in total. The molecule has 0 spiro atoms. The summed E-state index contributed by atoms with van der Waals surface area (Å²) in [7, 11) is 0. The van der Waals surface area contributed by atoms with Crippen LogP contribution in [0.4, 0.5) is 5.69 Å². The number of amides is 1. The molecule has 1 atom stereocenters. The average molecular weight is 367 g/mol. The molecule has 3 rings (SSSR count). The van der Waals surface area contributed by atoms with Crippen molar-refractivity contribution in [2.75, 3.05) is 5.32 Å². The Morgan fingerprint density at radius 1 is 1.26 bits per heavy atom. The molecule has 0 aliphatic carbocycles. The van der Waals surface area contributed by atoms with Crippen LogP contribution in [0.25, 0.3) is 5.65 Å². The van der Waals surface area contributed by atoms with Crippen molar-refractivity contribution in [3.05, 3.63) is 52.6 Å². The summed E-state index contributed by atoms with van der Waals surface area (Å²) in [4.78, 5) is 12.3. The molecule has 1 amide bonds. The van der Waals surface area contributed by atoms with Crippen molar-refractivity contribution < 1.29 is 4.79 Å². The molecule has 23 heavy (non-hydrogen) atoms. The zero-order valence-electron chi connectivity index (χ0n) is 12.0. The van der Waals surface area contributed by atoms with Crippen LogP contribution in [0.3, 0.4) is 0 Å². The molecule has 5 nitrogen and oxygen atoms in total. The minimum atomic E-state index is -0.377. The number of carbonyl (C=O) groups is 1. The maximum Gasteiger partial charge on any atom is 0.237 e. The number of hydrogen-bond acceptors (Lipinski definition) is 4. The Bertz CT molecular complexity index is 868. The van der Waals surface area contributed by atoms with Crippen LogP contribution in [0.2, 0.25) is 10.0 Å². The lowest BCUT2D eigenvalue weighted by molar-refractivity contribution is -0.115. The maximum absolute atomic E-state index is 12.3. The quantitative estimate of drug-likeness (QED) is 0.704. The molecule has 0 aliphatic heterocycles. The van der Waals surface area contributed by atoms with Crippen LogP contribution in [0, 0.1) is 0 Å². The van der Waals surface area contributed by atoms with Gasteiger partial charge in [0.05, 0.1) is 16.0 Å². The summed E-state index contributed by atoms with van der Waals surface area (Å²) < 4.78 is 1.83. The molecule has 0 fully saturated rings. The van der Waals surface area contributed by atoms with Crippen LogP contribution in [0.5, 0.6) is 0 Å². The number of fused-ring (bicyclic) bond motifs is 1. The van der Waals surface area contributed by atoms with Gasteiger partial charge in [-0.25, -0.2) is 0 Å². The molecule has 0 saturated heterocycles. The van der Waals surface area contributed by atoms with Crippen LogP contribution in [-0.2, 0) is 4.79 Å². The number of nitrogens with zero attached hydrogens (tertiary/aromatic N) is 3. The first-order valence-corrected chi connectivity index (χ1v) is 8.40. The van der Waals surface area contributed by atoms with Gasteiger partial charge in [0.25, 0.3) is 0 Å². The van der Waals surface area contributed by atoms with Gasteiger partial charge in [0, 0.05) is 11.2 Å². The summed E-state index contributed by atoms with van der Waals surface area (Å²) >= 11 is 13.3. The number of rotatable bonds is 4. The van der Waals surface area contributed by atoms with Crippen LogP contribution in [0.1, 0.15) is 6.92 Å². The Kier molecular flexibility index (Phi) is 4.75. The largest absolute Gasteiger partial charge is 0.324 e. The van der Waals surface area contributed by atoms with Gasteiger partial charge in [0.2, 0.25) is 5.91 Å². The van der Waals surface area contributed by atoms with Gasteiger partial charge >= 0.3 is 0 Å². The highest BCUT2D eigenvalue weighted by Gasteiger charge is 2.18. The predicted molar refractivity (Wildman–Crippen MR) is 93.4 cm³/mol. The van der Waals surface area contributed by atoms with Gasteiger partial charge in [-0.15, -0.1) is 10.2 Å². The molecule has 0 bridgehead atoms. The van der Waals surface area contributed by atoms with Crippen LogP contribution < -0.4 is 5.32 Å². The van der Waals surface area contributed by atoms with Crippen molar-refractivity contribution >= 4 is 52.2 Å². The number of carbonyl (C=O) groups excluding carboxylic acids is 1. The summed E-state index contributed by atoms with van der Waals surface area (Å²) in [6, 6.07) is 10.6. The molecule has 3 aromatic rings. The third-order valence-corrected chi connectivity index (χ3v) is 4.74. The lowest BCUT2D eigenvalue weighted by Crippen LogP contribution is -2.22. The van der Waals surface area contributed by atoms with Crippen molar-refractivity contribution in [2.24, 2.45) is 0 Å². The molecule has 8 heteroatoms. The molecular formula is C15H12Cl2N4OS. The fourth-order valence-corrected chi connectivity index (χ4v) is 3.11. The molecular weight excluding hydrogens is 355 g/mol. The van der Waals surface area contributed by atoms with E-state index in [1.54, 1.807) is 25.1 Å². The average Bonchev–Trinajstić information content (AvgIpc) is 2.94. The number of benzene rings is 1. The summed E-state index contributed by atoms with van der Waals surface area (Å²) in [5, 5.41) is 12.2. The standard InChI is InChI=1S/C15H12Cl2N4OS/c1-9(14(22)18-12-8-10(16)5-6-11(12)17)23-15-20-19-13-4-2-3-7-21(13)15/h2-9H,1H3,(H,18,22)/t9-/m0/s1. The van der Waals surface area contributed by atoms with Gasteiger partial charge < -0.3 is 5.32 Å². The van der Waals surface area contributed by atoms with E-state index >= 15 is 0 Å². The fraction of sp³-hybridized carbons (Fsp3) is 0.133. The number of halogens is 2. The zero-order valence-corrected chi connectivity index (χ0v) is 14.4. The van der Waals surface area contributed by atoms with E-state index in [-0.39, 0.29) is 11.2 Å². The second-order valence-electron chi connectivity index (χ2n) is 4.78. The molecule has 0 radical (unpaired) electrons. The topological polar surface area (TPSA) is 59.3 Å². The van der Waals surface area contributed by atoms with E-state index < -0.39 is 0 Å². The molecule has 1 aromatic carbocycles. The van der Waals surface area contributed by atoms with Crippen molar-refractivity contribution in [1.29, 1.82) is 0 Å². The third-order valence-electron chi connectivity index (χ3n) is 3.12. The molecule has 0 saturated carbocycles. The van der Waals surface area contributed by atoms with Gasteiger partial charge in [-0.1, -0.05) is 41.0 Å². The molecule has 2 heterocycles. The monoisotopic (exact) mass is 366 g/mol. The molecule has 0 unspecified atom stereocenters. The SMILES string of the molecule is C[C@H](Sc1nnc2ccccn12)C(=O)Nc1cc(Cl)ccc1Cl. The van der Waals surface area contributed by atoms with Crippen molar-refractivity contribution in [3.8, 4) is 0 Å². The normalized spacial score (nSPS) is 12.3. The summed E-state index contributed by atoms with van der Waals surface area (Å²) in [6.45, 7) is 1.79. The minimum absolute atomic E-state index is 0.188. The maximum atomic E-state index is 12.3. The summed E-state index contributed by atoms with van der Waals surface area (Å²) in [6.07, 6.45) is 1.86. The summed E-state index contributed by atoms with van der Waals surface area (Å²) in [5.74, 6) is -0.188. The van der Waals surface area contributed by atoms with E-state index in [2.05, 4.69) is 15.5 Å². The highest BCUT2D eigenvalue weighted by Crippen LogP contribution is 2.27. The predicted octanol–water partition coefficient (Wildman–Crippen LogP) is 4.16. The highest BCUT2D eigenvalue weighted by atomic mass is 35.5. The van der Waals surface area contributed by atoms with Gasteiger partial charge in [-0.3, -0.25) is 9.20 Å². The van der Waals surface area contributed by atoms with Gasteiger partial charge in [-0.2, -0.15) is 0 Å². The second-order valence-corrected chi connectivity index (χ2v) is 6.94. The highest BCUT2D eigenvalue weighted by molar-refractivity contribution is 8.00. The first-order chi connectivity index (χ1) is 11.0. The van der Waals surface area contributed by atoms with Gasteiger partial charge in [0.1, 0.15) is 0 Å². The van der Waals surface area contributed by atoms with Crippen molar-refractivity contribution in [1.82, 2.24) is 14.6 Å². The van der Waals surface area contributed by atoms with E-state index in [1.165, 1.54) is 11.8 Å². The van der Waals surface area contributed by atoms with E-state index in [1.807, 2.05) is 28.8 Å². The summed E-state index contributed by atoms with van der Waals surface area (Å²) in [5.41, 5.74) is 1.23. The molecule has 118 valence electrons. The Morgan fingerprint density at radius 3 is 2.91 bits per heavy atom. The van der Waals surface area contributed by atoms with E-state index in [9.17, 15) is 4.79 Å². The Morgan fingerprint density at radius 2 is 2.09 bits per heavy atom. The smallest absolute Gasteiger partial charge is 0.237 e. The number of anilines is 1. The number of nitrogens with one attached hydrogen (secondary N) is 1. The van der Waals surface area contributed by atoms with Gasteiger partial charge in [-0.05, 0) is 37.3 Å². The van der Waals surface area contributed by atoms with E-state index in [0.717, 1.165) is 5.65 Å². The van der Waals surface area contributed by atoms with Crippen LogP contribution in [0.15, 0.2) is 47.8 Å². The molecule has 0 aliphatic rings. The second kappa shape index (κ2) is 6.78. The minimum Gasteiger partial charge on any atom is -0.324 e. The lowest BCUT2D eigenvalue weighted by Gasteiger charge is -2.12. The first kappa shape index (κ1) is 16.1. The van der Waals surface area contributed by atoms with Crippen LogP contribution in [-0.4, -0.2) is 25.8 Å². The Hall–Kier alpha value is -1.76. The van der Waals surface area contributed by atoms with Crippen molar-refractivity contribution in [2.45, 2.75) is 17.3 Å².